The summed E-state index contributed by atoms with van der Waals surface area (Å²) in [5.74, 6) is -0.0801. The fourth-order valence-electron chi connectivity index (χ4n) is 2.04. The van der Waals surface area contributed by atoms with Crippen molar-refractivity contribution in [3.63, 3.8) is 0 Å². The van der Waals surface area contributed by atoms with Gasteiger partial charge >= 0.3 is 0 Å². The lowest BCUT2D eigenvalue weighted by molar-refractivity contribution is -0.384. The first-order valence-corrected chi connectivity index (χ1v) is 6.22. The van der Waals surface area contributed by atoms with Gasteiger partial charge in [-0.3, -0.25) is 19.8 Å². The standard InChI is InChI=1S/C12H17N3O3/c1-2-5-14(9-3-4-9)8-12(16)11-6-10(7-13-11)15(17)18/h6-7,9,13H,2-5,8H2,1H3. The number of ketones is 1. The molecule has 6 nitrogen and oxygen atoms in total. The van der Waals surface area contributed by atoms with E-state index in [1.807, 2.05) is 0 Å². The monoisotopic (exact) mass is 251 g/mol. The average Bonchev–Trinajstić information content (AvgIpc) is 3.04. The SMILES string of the molecule is CCCN(CC(=O)c1cc([N+](=O)[O-])c[nH]1)C1CC1. The summed E-state index contributed by atoms with van der Waals surface area (Å²) in [6.07, 6.45) is 4.57. The van der Waals surface area contributed by atoms with Gasteiger partial charge in [0.05, 0.1) is 23.4 Å². The number of nitrogens with zero attached hydrogens (tertiary/aromatic N) is 2. The molecule has 18 heavy (non-hydrogen) atoms. The van der Waals surface area contributed by atoms with Crippen LogP contribution < -0.4 is 0 Å². The van der Waals surface area contributed by atoms with Crippen molar-refractivity contribution >= 4 is 11.5 Å². The molecule has 0 saturated heterocycles. The number of carbonyl (C=O) groups excluding carboxylic acids is 1. The first-order valence-electron chi connectivity index (χ1n) is 6.22. The molecule has 0 spiro atoms. The number of aromatic amines is 1. The lowest BCUT2D eigenvalue weighted by atomic mass is 10.2. The number of hydrogen-bond acceptors (Lipinski definition) is 4. The van der Waals surface area contributed by atoms with E-state index in [1.165, 1.54) is 12.3 Å². The highest BCUT2D eigenvalue weighted by molar-refractivity contribution is 5.96. The van der Waals surface area contributed by atoms with Crippen molar-refractivity contribution in [2.45, 2.75) is 32.2 Å². The minimum absolute atomic E-state index is 0.0631. The van der Waals surface area contributed by atoms with Crippen LogP contribution >= 0.6 is 0 Å². The molecule has 1 fully saturated rings. The van der Waals surface area contributed by atoms with Gasteiger partial charge in [0.2, 0.25) is 0 Å². The van der Waals surface area contributed by atoms with Crippen molar-refractivity contribution in [2.24, 2.45) is 0 Å². The molecule has 0 atom stereocenters. The van der Waals surface area contributed by atoms with E-state index < -0.39 is 4.92 Å². The van der Waals surface area contributed by atoms with Gasteiger partial charge in [0.15, 0.2) is 5.78 Å². The zero-order valence-electron chi connectivity index (χ0n) is 10.4. The van der Waals surface area contributed by atoms with Gasteiger partial charge in [-0.05, 0) is 25.8 Å². The molecular formula is C12H17N3O3. The van der Waals surface area contributed by atoms with Crippen molar-refractivity contribution in [3.05, 3.63) is 28.1 Å². The molecule has 6 heteroatoms. The first kappa shape index (κ1) is 12.8. The quantitative estimate of drug-likeness (QED) is 0.456. The van der Waals surface area contributed by atoms with Crippen LogP contribution in [0.5, 0.6) is 0 Å². The number of nitro groups is 1. The summed E-state index contributed by atoms with van der Waals surface area (Å²) in [4.78, 5) is 26.9. The summed E-state index contributed by atoms with van der Waals surface area (Å²) < 4.78 is 0. The van der Waals surface area contributed by atoms with Crippen molar-refractivity contribution in [3.8, 4) is 0 Å². The number of aromatic nitrogens is 1. The van der Waals surface area contributed by atoms with Gasteiger partial charge in [0, 0.05) is 12.1 Å². The summed E-state index contributed by atoms with van der Waals surface area (Å²) in [6.45, 7) is 3.33. The Kier molecular flexibility index (Phi) is 3.76. The highest BCUT2D eigenvalue weighted by atomic mass is 16.6. The van der Waals surface area contributed by atoms with Gasteiger partial charge in [-0.1, -0.05) is 6.92 Å². The number of nitrogens with one attached hydrogen (secondary N) is 1. The molecule has 0 radical (unpaired) electrons. The molecule has 1 aliphatic carbocycles. The van der Waals surface area contributed by atoms with Crippen LogP contribution in [0.25, 0.3) is 0 Å². The molecule has 0 unspecified atom stereocenters. The Morgan fingerprint density at radius 1 is 1.61 bits per heavy atom. The summed E-state index contributed by atoms with van der Waals surface area (Å²) in [5.41, 5.74) is 0.260. The van der Waals surface area contributed by atoms with Crippen molar-refractivity contribution in [1.29, 1.82) is 0 Å². The lowest BCUT2D eigenvalue weighted by Crippen LogP contribution is -2.32. The maximum Gasteiger partial charge on any atom is 0.287 e. The van der Waals surface area contributed by atoms with Gasteiger partial charge in [-0.15, -0.1) is 0 Å². The van der Waals surface area contributed by atoms with E-state index in [1.54, 1.807) is 0 Å². The van der Waals surface area contributed by atoms with Crippen LogP contribution in [-0.4, -0.2) is 39.7 Å². The third-order valence-corrected chi connectivity index (χ3v) is 3.10. The normalized spacial score (nSPS) is 15.0. The van der Waals surface area contributed by atoms with Crippen molar-refractivity contribution in [1.82, 2.24) is 9.88 Å². The Hall–Kier alpha value is -1.69. The first-order chi connectivity index (χ1) is 8.61. The summed E-state index contributed by atoms with van der Waals surface area (Å²) in [5, 5.41) is 10.5. The van der Waals surface area contributed by atoms with Crippen molar-refractivity contribution < 1.29 is 9.72 Å². The molecule has 1 aromatic rings. The second kappa shape index (κ2) is 5.30. The van der Waals surface area contributed by atoms with Gasteiger partial charge in [-0.25, -0.2) is 0 Å². The lowest BCUT2D eigenvalue weighted by Gasteiger charge is -2.19. The fraction of sp³-hybridized carbons (Fsp3) is 0.583. The molecule has 0 aliphatic heterocycles. The molecule has 1 N–H and O–H groups in total. The van der Waals surface area contributed by atoms with E-state index in [2.05, 4.69) is 16.8 Å². The maximum atomic E-state index is 12.0. The third-order valence-electron chi connectivity index (χ3n) is 3.10. The van der Waals surface area contributed by atoms with Gasteiger partial charge in [0.25, 0.3) is 5.69 Å². The Morgan fingerprint density at radius 2 is 2.33 bits per heavy atom. The fourth-order valence-corrected chi connectivity index (χ4v) is 2.04. The maximum absolute atomic E-state index is 12.0. The minimum atomic E-state index is -0.502. The number of Topliss-reactive ketones (excluding diaryl/α,β-unsaturated/α-hetero) is 1. The van der Waals surface area contributed by atoms with Crippen LogP contribution in [0.15, 0.2) is 12.3 Å². The molecule has 1 aliphatic rings. The Morgan fingerprint density at radius 3 is 2.83 bits per heavy atom. The van der Waals surface area contributed by atoms with Crippen LogP contribution in [0.2, 0.25) is 0 Å². The van der Waals surface area contributed by atoms with E-state index >= 15 is 0 Å². The van der Waals surface area contributed by atoms with E-state index in [0.717, 1.165) is 25.8 Å². The van der Waals surface area contributed by atoms with Gasteiger partial charge < -0.3 is 4.98 Å². The number of rotatable bonds is 7. The highest BCUT2D eigenvalue weighted by Gasteiger charge is 2.30. The molecule has 1 saturated carbocycles. The molecule has 2 rings (SSSR count). The molecule has 1 aromatic heterocycles. The summed E-state index contributed by atoms with van der Waals surface area (Å²) in [6, 6.07) is 1.83. The van der Waals surface area contributed by atoms with E-state index in [-0.39, 0.29) is 11.5 Å². The van der Waals surface area contributed by atoms with Crippen LogP contribution in [-0.2, 0) is 0 Å². The summed E-state index contributed by atoms with van der Waals surface area (Å²) in [7, 11) is 0. The average molecular weight is 251 g/mol. The topological polar surface area (TPSA) is 79.2 Å². The zero-order chi connectivity index (χ0) is 13.1. The van der Waals surface area contributed by atoms with Crippen LogP contribution in [0.1, 0.15) is 36.7 Å². The molecular weight excluding hydrogens is 234 g/mol. The molecule has 1 heterocycles. The van der Waals surface area contributed by atoms with Crippen LogP contribution in [0.4, 0.5) is 5.69 Å². The third kappa shape index (κ3) is 2.95. The number of H-pyrrole nitrogens is 1. The van der Waals surface area contributed by atoms with E-state index in [9.17, 15) is 14.9 Å². The smallest absolute Gasteiger partial charge is 0.287 e. The van der Waals surface area contributed by atoms with Crippen molar-refractivity contribution in [2.75, 3.05) is 13.1 Å². The minimum Gasteiger partial charge on any atom is -0.353 e. The highest BCUT2D eigenvalue weighted by Crippen LogP contribution is 2.27. The second-order valence-corrected chi connectivity index (χ2v) is 4.65. The van der Waals surface area contributed by atoms with Crippen LogP contribution in [0.3, 0.4) is 0 Å². The van der Waals surface area contributed by atoms with Crippen LogP contribution in [0, 0.1) is 10.1 Å². The number of carbonyl (C=O) groups is 1. The molecule has 0 amide bonds. The molecule has 98 valence electrons. The van der Waals surface area contributed by atoms with E-state index in [4.69, 9.17) is 0 Å². The Balaban J connectivity index is 1.98. The van der Waals surface area contributed by atoms with E-state index in [0.29, 0.717) is 18.3 Å². The second-order valence-electron chi connectivity index (χ2n) is 4.65. The Bertz CT molecular complexity index is 451. The predicted molar refractivity (Wildman–Crippen MR) is 66.7 cm³/mol. The summed E-state index contributed by atoms with van der Waals surface area (Å²) >= 11 is 0. The largest absolute Gasteiger partial charge is 0.353 e. The molecule has 0 bridgehead atoms. The van der Waals surface area contributed by atoms with Gasteiger partial charge in [-0.2, -0.15) is 0 Å². The number of hydrogen-bond donors (Lipinski definition) is 1. The Labute approximate surface area is 105 Å². The predicted octanol–water partition coefficient (Wildman–Crippen LogP) is 1.98. The molecule has 0 aromatic carbocycles. The van der Waals surface area contributed by atoms with Gasteiger partial charge in [0.1, 0.15) is 0 Å². The zero-order valence-corrected chi connectivity index (χ0v) is 10.4.